The molecule has 0 radical (unpaired) electrons. The second-order valence-electron chi connectivity index (χ2n) is 3.81. The summed E-state index contributed by atoms with van der Waals surface area (Å²) in [5.41, 5.74) is 1.09. The van der Waals surface area contributed by atoms with Gasteiger partial charge >= 0.3 is 0 Å². The van der Waals surface area contributed by atoms with Gasteiger partial charge in [0.15, 0.2) is 0 Å². The average molecular weight is 282 g/mol. The predicted octanol–water partition coefficient (Wildman–Crippen LogP) is 1.76. The number of nitrogens with zero attached hydrogens (tertiary/aromatic N) is 2. The molecule has 3 rings (SSSR count). The van der Waals surface area contributed by atoms with E-state index in [1.54, 1.807) is 0 Å². The number of ether oxygens (including phenoxy) is 1. The zero-order valence-corrected chi connectivity index (χ0v) is 10.3. The van der Waals surface area contributed by atoms with Gasteiger partial charge in [0.2, 0.25) is 0 Å². The van der Waals surface area contributed by atoms with Gasteiger partial charge < -0.3 is 14.5 Å². The number of hydrogen-bond donors (Lipinski definition) is 1. The van der Waals surface area contributed by atoms with Gasteiger partial charge in [0.1, 0.15) is 5.82 Å². The summed E-state index contributed by atoms with van der Waals surface area (Å²) in [5, 5.41) is 3.41. The minimum atomic E-state index is 0.186. The van der Waals surface area contributed by atoms with Gasteiger partial charge in [-0.05, 0) is 28.1 Å². The fourth-order valence-corrected chi connectivity index (χ4v) is 2.44. The molecule has 3 heterocycles. The highest BCUT2D eigenvalue weighted by atomic mass is 79.9. The maximum Gasteiger partial charge on any atom is 0.132 e. The molecule has 0 aromatic carbocycles. The minimum absolute atomic E-state index is 0.186. The SMILES string of the molecule is Brc1cccn2c(C3COCCN3)ncc12. The Labute approximate surface area is 102 Å². The number of rotatable bonds is 1. The van der Waals surface area contributed by atoms with Gasteiger partial charge in [-0.2, -0.15) is 0 Å². The van der Waals surface area contributed by atoms with Crippen LogP contribution in [0.4, 0.5) is 0 Å². The van der Waals surface area contributed by atoms with Gasteiger partial charge in [-0.1, -0.05) is 0 Å². The lowest BCUT2D eigenvalue weighted by Gasteiger charge is -2.22. The molecule has 2 aromatic rings. The first-order chi connectivity index (χ1) is 7.86. The molecule has 1 unspecified atom stereocenters. The number of halogens is 1. The van der Waals surface area contributed by atoms with Crippen molar-refractivity contribution < 1.29 is 4.74 Å². The van der Waals surface area contributed by atoms with Gasteiger partial charge in [0.25, 0.3) is 0 Å². The number of hydrogen-bond acceptors (Lipinski definition) is 3. The number of aromatic nitrogens is 2. The Bertz CT molecular complexity index is 505. The zero-order chi connectivity index (χ0) is 11.0. The second-order valence-corrected chi connectivity index (χ2v) is 4.66. The van der Waals surface area contributed by atoms with E-state index in [2.05, 4.69) is 30.6 Å². The maximum atomic E-state index is 5.46. The fourth-order valence-electron chi connectivity index (χ4n) is 2.00. The van der Waals surface area contributed by atoms with E-state index in [0.717, 1.165) is 29.0 Å². The molecular formula is C11H12BrN3O. The molecule has 4 nitrogen and oxygen atoms in total. The highest BCUT2D eigenvalue weighted by Crippen LogP contribution is 2.22. The third kappa shape index (κ3) is 1.65. The van der Waals surface area contributed by atoms with Crippen molar-refractivity contribution in [2.45, 2.75) is 6.04 Å². The van der Waals surface area contributed by atoms with E-state index in [1.807, 2.05) is 24.5 Å². The number of pyridine rings is 1. The molecule has 5 heteroatoms. The van der Waals surface area contributed by atoms with Crippen LogP contribution in [0.1, 0.15) is 11.9 Å². The van der Waals surface area contributed by atoms with Gasteiger partial charge in [-0.15, -0.1) is 0 Å². The van der Waals surface area contributed by atoms with E-state index in [-0.39, 0.29) is 6.04 Å². The number of morpholine rings is 1. The summed E-state index contributed by atoms with van der Waals surface area (Å²) in [4.78, 5) is 4.47. The topological polar surface area (TPSA) is 38.6 Å². The third-order valence-electron chi connectivity index (χ3n) is 2.78. The monoisotopic (exact) mass is 281 g/mol. The molecule has 1 aliphatic rings. The quantitative estimate of drug-likeness (QED) is 0.866. The van der Waals surface area contributed by atoms with Crippen LogP contribution in [0.5, 0.6) is 0 Å². The zero-order valence-electron chi connectivity index (χ0n) is 8.69. The van der Waals surface area contributed by atoms with E-state index < -0.39 is 0 Å². The Morgan fingerprint density at radius 3 is 3.31 bits per heavy atom. The van der Waals surface area contributed by atoms with E-state index in [1.165, 1.54) is 0 Å². The Hall–Kier alpha value is -0.910. The molecule has 16 heavy (non-hydrogen) atoms. The first kappa shape index (κ1) is 10.3. The maximum absolute atomic E-state index is 5.46. The van der Waals surface area contributed by atoms with Crippen LogP contribution in [0.2, 0.25) is 0 Å². The molecule has 1 atom stereocenters. The summed E-state index contributed by atoms with van der Waals surface area (Å²) in [7, 11) is 0. The number of fused-ring (bicyclic) bond motifs is 1. The third-order valence-corrected chi connectivity index (χ3v) is 3.45. The van der Waals surface area contributed by atoms with Gasteiger partial charge in [-0.25, -0.2) is 4.98 Å². The summed E-state index contributed by atoms with van der Waals surface area (Å²) in [6.45, 7) is 2.35. The lowest BCUT2D eigenvalue weighted by Crippen LogP contribution is -2.35. The Balaban J connectivity index is 2.06. The van der Waals surface area contributed by atoms with E-state index >= 15 is 0 Å². The molecule has 0 saturated carbocycles. The number of nitrogens with one attached hydrogen (secondary N) is 1. The summed E-state index contributed by atoms with van der Waals surface area (Å²) in [6.07, 6.45) is 3.91. The van der Waals surface area contributed by atoms with Crippen molar-refractivity contribution in [1.29, 1.82) is 0 Å². The van der Waals surface area contributed by atoms with Crippen molar-refractivity contribution >= 4 is 21.4 Å². The van der Waals surface area contributed by atoms with Crippen LogP contribution < -0.4 is 5.32 Å². The van der Waals surface area contributed by atoms with E-state index in [9.17, 15) is 0 Å². The molecular weight excluding hydrogens is 270 g/mol. The van der Waals surface area contributed by atoms with Crippen LogP contribution in [-0.2, 0) is 4.74 Å². The fraction of sp³-hybridized carbons (Fsp3) is 0.364. The summed E-state index contributed by atoms with van der Waals surface area (Å²) in [5.74, 6) is 1.01. The first-order valence-corrected chi connectivity index (χ1v) is 6.08. The van der Waals surface area contributed by atoms with Crippen molar-refractivity contribution in [2.24, 2.45) is 0 Å². The largest absolute Gasteiger partial charge is 0.378 e. The Morgan fingerprint density at radius 2 is 2.50 bits per heavy atom. The minimum Gasteiger partial charge on any atom is -0.378 e. The molecule has 2 aromatic heterocycles. The molecule has 0 spiro atoms. The van der Waals surface area contributed by atoms with E-state index in [0.29, 0.717) is 6.61 Å². The Morgan fingerprint density at radius 1 is 1.56 bits per heavy atom. The molecule has 0 aliphatic carbocycles. The highest BCUT2D eigenvalue weighted by molar-refractivity contribution is 9.10. The lowest BCUT2D eigenvalue weighted by molar-refractivity contribution is 0.0740. The predicted molar refractivity (Wildman–Crippen MR) is 64.5 cm³/mol. The van der Waals surface area contributed by atoms with Crippen molar-refractivity contribution in [2.75, 3.05) is 19.8 Å². The van der Waals surface area contributed by atoms with Gasteiger partial charge in [0, 0.05) is 17.2 Å². The highest BCUT2D eigenvalue weighted by Gasteiger charge is 2.19. The standard InChI is InChI=1S/C11H12BrN3O/c12-8-2-1-4-15-10(8)6-14-11(15)9-7-16-5-3-13-9/h1-2,4,6,9,13H,3,5,7H2. The second kappa shape index (κ2) is 4.16. The van der Waals surface area contributed by atoms with Crippen molar-refractivity contribution in [3.63, 3.8) is 0 Å². The number of imidazole rings is 1. The van der Waals surface area contributed by atoms with Crippen LogP contribution in [0, 0.1) is 0 Å². The van der Waals surface area contributed by atoms with E-state index in [4.69, 9.17) is 4.74 Å². The Kier molecular flexibility index (Phi) is 2.67. The molecule has 1 fully saturated rings. The van der Waals surface area contributed by atoms with Crippen LogP contribution in [-0.4, -0.2) is 29.1 Å². The molecule has 0 bridgehead atoms. The molecule has 84 valence electrons. The molecule has 1 saturated heterocycles. The van der Waals surface area contributed by atoms with Gasteiger partial charge in [-0.3, -0.25) is 0 Å². The van der Waals surface area contributed by atoms with Crippen LogP contribution in [0.3, 0.4) is 0 Å². The molecule has 0 amide bonds. The van der Waals surface area contributed by atoms with Crippen LogP contribution in [0.15, 0.2) is 29.0 Å². The molecule has 1 N–H and O–H groups in total. The smallest absolute Gasteiger partial charge is 0.132 e. The van der Waals surface area contributed by atoms with Crippen molar-refractivity contribution in [3.05, 3.63) is 34.8 Å². The summed E-state index contributed by atoms with van der Waals surface area (Å²) < 4.78 is 8.61. The normalized spacial score (nSPS) is 21.4. The summed E-state index contributed by atoms with van der Waals surface area (Å²) in [6, 6.07) is 4.21. The lowest BCUT2D eigenvalue weighted by atomic mass is 10.2. The van der Waals surface area contributed by atoms with Crippen LogP contribution >= 0.6 is 15.9 Å². The molecule has 1 aliphatic heterocycles. The van der Waals surface area contributed by atoms with Crippen molar-refractivity contribution in [1.82, 2.24) is 14.7 Å². The van der Waals surface area contributed by atoms with Crippen molar-refractivity contribution in [3.8, 4) is 0 Å². The average Bonchev–Trinajstić information content (AvgIpc) is 2.75. The van der Waals surface area contributed by atoms with Crippen LogP contribution in [0.25, 0.3) is 5.52 Å². The first-order valence-electron chi connectivity index (χ1n) is 5.29. The van der Waals surface area contributed by atoms with Gasteiger partial charge in [0.05, 0.1) is 31.0 Å². The summed E-state index contributed by atoms with van der Waals surface area (Å²) >= 11 is 3.52.